The first kappa shape index (κ1) is 13.6. The molecule has 19 heavy (non-hydrogen) atoms. The molecule has 2 nitrogen and oxygen atoms in total. The predicted octanol–water partition coefficient (Wildman–Crippen LogP) is 4.04. The summed E-state index contributed by atoms with van der Waals surface area (Å²) in [5.41, 5.74) is 2.68. The largest absolute Gasteiger partial charge is 0.389 e. The second-order valence-corrected chi connectivity index (χ2v) is 4.49. The topological polar surface area (TPSA) is 23.5 Å². The molecule has 0 bridgehead atoms. The summed E-state index contributed by atoms with van der Waals surface area (Å²) in [4.78, 5) is 2.02. The molecule has 0 heterocycles. The zero-order valence-corrected chi connectivity index (χ0v) is 11.2. The van der Waals surface area contributed by atoms with Crippen LogP contribution in [-0.2, 0) is 0 Å². The van der Waals surface area contributed by atoms with Crippen LogP contribution in [0.5, 0.6) is 0 Å². The van der Waals surface area contributed by atoms with Gasteiger partial charge in [0.2, 0.25) is 0 Å². The maximum absolute atomic E-state index is 13.3. The van der Waals surface area contributed by atoms with Crippen molar-refractivity contribution >= 4 is 11.4 Å². The molecule has 0 aliphatic rings. The van der Waals surface area contributed by atoms with E-state index in [0.717, 1.165) is 23.5 Å². The third-order valence-electron chi connectivity index (χ3n) is 3.12. The number of benzene rings is 2. The molecular weight excluding hydrogens is 241 g/mol. The summed E-state index contributed by atoms with van der Waals surface area (Å²) in [6, 6.07) is 14.2. The Morgan fingerprint density at radius 1 is 1.11 bits per heavy atom. The Balaban J connectivity index is 2.31. The van der Waals surface area contributed by atoms with Crippen LogP contribution >= 0.6 is 0 Å². The van der Waals surface area contributed by atoms with E-state index in [1.54, 1.807) is 13.0 Å². The normalized spacial score (nSPS) is 12.2. The Kier molecular flexibility index (Phi) is 4.17. The van der Waals surface area contributed by atoms with Crippen LogP contribution < -0.4 is 4.90 Å². The van der Waals surface area contributed by atoms with E-state index in [0.29, 0.717) is 0 Å². The van der Waals surface area contributed by atoms with E-state index in [1.807, 2.05) is 42.2 Å². The number of anilines is 2. The van der Waals surface area contributed by atoms with Crippen molar-refractivity contribution in [3.8, 4) is 0 Å². The monoisotopic (exact) mass is 259 g/mol. The van der Waals surface area contributed by atoms with Crippen LogP contribution in [0.1, 0.15) is 25.5 Å². The molecule has 2 rings (SSSR count). The lowest BCUT2D eigenvalue weighted by Gasteiger charge is -2.23. The van der Waals surface area contributed by atoms with Gasteiger partial charge in [-0.1, -0.05) is 18.2 Å². The van der Waals surface area contributed by atoms with Crippen molar-refractivity contribution in [1.82, 2.24) is 0 Å². The van der Waals surface area contributed by atoms with E-state index in [9.17, 15) is 9.50 Å². The molecule has 2 aromatic rings. The zero-order chi connectivity index (χ0) is 13.8. The van der Waals surface area contributed by atoms with Gasteiger partial charge in [0.05, 0.1) is 6.10 Å². The van der Waals surface area contributed by atoms with Crippen molar-refractivity contribution in [2.75, 3.05) is 11.4 Å². The van der Waals surface area contributed by atoms with Crippen molar-refractivity contribution in [1.29, 1.82) is 0 Å². The van der Waals surface area contributed by atoms with E-state index < -0.39 is 6.10 Å². The SMILES string of the molecule is CCN(c1ccc([C@H](C)O)cc1)c1cccc(F)c1. The molecule has 3 heteroatoms. The van der Waals surface area contributed by atoms with E-state index in [1.165, 1.54) is 12.1 Å². The maximum Gasteiger partial charge on any atom is 0.125 e. The number of hydrogen-bond donors (Lipinski definition) is 1. The summed E-state index contributed by atoms with van der Waals surface area (Å²) in [7, 11) is 0. The number of aliphatic hydroxyl groups is 1. The van der Waals surface area contributed by atoms with Gasteiger partial charge in [-0.15, -0.1) is 0 Å². The first-order chi connectivity index (χ1) is 9.11. The van der Waals surface area contributed by atoms with Crippen molar-refractivity contribution in [3.05, 3.63) is 59.9 Å². The molecule has 0 aliphatic heterocycles. The Labute approximate surface area is 113 Å². The number of halogens is 1. The van der Waals surface area contributed by atoms with Gasteiger partial charge in [0, 0.05) is 17.9 Å². The molecule has 1 N–H and O–H groups in total. The quantitative estimate of drug-likeness (QED) is 0.895. The molecule has 0 aromatic heterocycles. The molecule has 0 saturated carbocycles. The molecule has 0 saturated heterocycles. The van der Waals surface area contributed by atoms with Crippen LogP contribution in [-0.4, -0.2) is 11.7 Å². The van der Waals surface area contributed by atoms with Crippen molar-refractivity contribution in [2.24, 2.45) is 0 Å². The van der Waals surface area contributed by atoms with Crippen LogP contribution in [0.2, 0.25) is 0 Å². The Morgan fingerprint density at radius 2 is 1.79 bits per heavy atom. The molecule has 0 fully saturated rings. The van der Waals surface area contributed by atoms with Gasteiger partial charge >= 0.3 is 0 Å². The molecule has 0 unspecified atom stereocenters. The molecular formula is C16H18FNO. The summed E-state index contributed by atoms with van der Waals surface area (Å²) >= 11 is 0. The van der Waals surface area contributed by atoms with E-state index in [2.05, 4.69) is 0 Å². The van der Waals surface area contributed by atoms with Gasteiger partial charge in [-0.05, 0) is 49.7 Å². The van der Waals surface area contributed by atoms with Crippen molar-refractivity contribution in [2.45, 2.75) is 20.0 Å². The summed E-state index contributed by atoms with van der Waals surface area (Å²) in [5, 5.41) is 9.50. The van der Waals surface area contributed by atoms with Crippen molar-refractivity contribution < 1.29 is 9.50 Å². The Hall–Kier alpha value is -1.87. The molecule has 100 valence electrons. The van der Waals surface area contributed by atoms with Gasteiger partial charge in [0.15, 0.2) is 0 Å². The average molecular weight is 259 g/mol. The standard InChI is InChI=1S/C16H18FNO/c1-3-18(16-6-4-5-14(17)11-16)15-9-7-13(8-10-15)12(2)19/h4-12,19H,3H2,1-2H3/t12-/m0/s1. The first-order valence-electron chi connectivity index (χ1n) is 6.43. The second-order valence-electron chi connectivity index (χ2n) is 4.49. The van der Waals surface area contributed by atoms with Gasteiger partial charge in [-0.3, -0.25) is 0 Å². The molecule has 0 radical (unpaired) electrons. The molecule has 0 aliphatic carbocycles. The maximum atomic E-state index is 13.3. The Morgan fingerprint density at radius 3 is 2.32 bits per heavy atom. The summed E-state index contributed by atoms with van der Waals surface area (Å²) < 4.78 is 13.3. The minimum absolute atomic E-state index is 0.239. The van der Waals surface area contributed by atoms with Gasteiger partial charge in [0.1, 0.15) is 5.82 Å². The highest BCUT2D eigenvalue weighted by atomic mass is 19.1. The molecule has 0 amide bonds. The minimum atomic E-state index is -0.474. The predicted molar refractivity (Wildman–Crippen MR) is 76.2 cm³/mol. The number of hydrogen-bond acceptors (Lipinski definition) is 2. The van der Waals surface area contributed by atoms with Crippen LogP contribution in [0.25, 0.3) is 0 Å². The molecule has 0 spiro atoms. The second kappa shape index (κ2) is 5.85. The average Bonchev–Trinajstić information content (AvgIpc) is 2.40. The first-order valence-corrected chi connectivity index (χ1v) is 6.43. The minimum Gasteiger partial charge on any atom is -0.389 e. The van der Waals surface area contributed by atoms with Crippen LogP contribution in [0, 0.1) is 5.82 Å². The van der Waals surface area contributed by atoms with Gasteiger partial charge in [-0.2, -0.15) is 0 Å². The van der Waals surface area contributed by atoms with Crippen LogP contribution in [0.3, 0.4) is 0 Å². The number of nitrogens with zero attached hydrogens (tertiary/aromatic N) is 1. The smallest absolute Gasteiger partial charge is 0.125 e. The fourth-order valence-electron chi connectivity index (χ4n) is 2.09. The van der Waals surface area contributed by atoms with Crippen molar-refractivity contribution in [3.63, 3.8) is 0 Å². The third-order valence-corrected chi connectivity index (χ3v) is 3.12. The van der Waals surface area contributed by atoms with E-state index in [-0.39, 0.29) is 5.82 Å². The van der Waals surface area contributed by atoms with Crippen LogP contribution in [0.4, 0.5) is 15.8 Å². The lowest BCUT2D eigenvalue weighted by Crippen LogP contribution is -2.16. The fourth-order valence-corrected chi connectivity index (χ4v) is 2.09. The number of rotatable bonds is 4. The van der Waals surface area contributed by atoms with Gasteiger partial charge < -0.3 is 10.0 Å². The highest BCUT2D eigenvalue weighted by Crippen LogP contribution is 2.26. The summed E-state index contributed by atoms with van der Waals surface area (Å²) in [5.74, 6) is -0.239. The summed E-state index contributed by atoms with van der Waals surface area (Å²) in [6.45, 7) is 4.50. The molecule has 1 atom stereocenters. The highest BCUT2D eigenvalue weighted by Gasteiger charge is 2.08. The zero-order valence-electron chi connectivity index (χ0n) is 11.2. The van der Waals surface area contributed by atoms with E-state index in [4.69, 9.17) is 0 Å². The fraction of sp³-hybridized carbons (Fsp3) is 0.250. The highest BCUT2D eigenvalue weighted by molar-refractivity contribution is 5.63. The lowest BCUT2D eigenvalue weighted by molar-refractivity contribution is 0.199. The third kappa shape index (κ3) is 3.12. The number of aliphatic hydroxyl groups excluding tert-OH is 1. The lowest BCUT2D eigenvalue weighted by atomic mass is 10.1. The molecule has 2 aromatic carbocycles. The van der Waals surface area contributed by atoms with Gasteiger partial charge in [-0.25, -0.2) is 4.39 Å². The summed E-state index contributed by atoms with van der Waals surface area (Å²) in [6.07, 6.45) is -0.474. The van der Waals surface area contributed by atoms with Gasteiger partial charge in [0.25, 0.3) is 0 Å². The van der Waals surface area contributed by atoms with E-state index >= 15 is 0 Å². The Bertz CT molecular complexity index is 537. The van der Waals surface area contributed by atoms with Crippen LogP contribution in [0.15, 0.2) is 48.5 Å².